The molecule has 31 heavy (non-hydrogen) atoms. The molecule has 0 atom stereocenters. The Labute approximate surface area is 182 Å². The number of tetrazole rings is 1. The van der Waals surface area contributed by atoms with Crippen molar-refractivity contribution in [2.75, 3.05) is 18.4 Å². The van der Waals surface area contributed by atoms with Gasteiger partial charge in [0.25, 0.3) is 5.91 Å². The van der Waals surface area contributed by atoms with E-state index in [0.717, 1.165) is 12.8 Å². The van der Waals surface area contributed by atoms with Gasteiger partial charge in [-0.1, -0.05) is 11.6 Å². The first-order valence-corrected chi connectivity index (χ1v) is 11.2. The monoisotopic (exact) mass is 464 g/mol. The molecular formula is C19H18ClFN6O3S. The summed E-state index contributed by atoms with van der Waals surface area (Å²) in [6.45, 7) is 2.50. The molecule has 1 amide bonds. The predicted molar refractivity (Wildman–Crippen MR) is 111 cm³/mol. The number of anilines is 1. The maximum atomic E-state index is 14.2. The number of benzene rings is 2. The minimum Gasteiger partial charge on any atom is -0.322 e. The number of carbonyl (C=O) groups excluding carboxylic acids is 1. The number of halogens is 2. The zero-order valence-corrected chi connectivity index (χ0v) is 18.0. The third kappa shape index (κ3) is 4.16. The average Bonchev–Trinajstić information content (AvgIpc) is 3.42. The molecular weight excluding hydrogens is 447 g/mol. The van der Waals surface area contributed by atoms with Crippen LogP contribution in [0, 0.1) is 12.7 Å². The lowest BCUT2D eigenvalue weighted by molar-refractivity contribution is 0.102. The number of amides is 1. The molecule has 1 aliphatic rings. The van der Waals surface area contributed by atoms with Gasteiger partial charge in [-0.25, -0.2) is 12.8 Å². The average molecular weight is 465 g/mol. The van der Waals surface area contributed by atoms with Crippen LogP contribution in [0.25, 0.3) is 5.69 Å². The summed E-state index contributed by atoms with van der Waals surface area (Å²) in [6, 6.07) is 7.91. The number of sulfonamides is 1. The molecule has 1 fully saturated rings. The van der Waals surface area contributed by atoms with Crippen LogP contribution in [0.1, 0.15) is 29.0 Å². The van der Waals surface area contributed by atoms with Gasteiger partial charge in [0, 0.05) is 18.8 Å². The fourth-order valence-corrected chi connectivity index (χ4v) is 5.07. The van der Waals surface area contributed by atoms with E-state index in [-0.39, 0.29) is 26.9 Å². The molecule has 0 unspecified atom stereocenters. The van der Waals surface area contributed by atoms with Crippen LogP contribution in [0.2, 0.25) is 5.02 Å². The van der Waals surface area contributed by atoms with Gasteiger partial charge in [0.05, 0.1) is 15.5 Å². The van der Waals surface area contributed by atoms with Gasteiger partial charge in [-0.2, -0.15) is 8.99 Å². The number of nitrogens with zero attached hydrogens (tertiary/aromatic N) is 5. The highest BCUT2D eigenvalue weighted by molar-refractivity contribution is 7.89. The molecule has 2 aromatic carbocycles. The molecule has 0 saturated carbocycles. The molecule has 12 heteroatoms. The highest BCUT2D eigenvalue weighted by atomic mass is 35.5. The number of aromatic nitrogens is 4. The molecule has 0 spiro atoms. The van der Waals surface area contributed by atoms with Crippen LogP contribution in [-0.4, -0.2) is 51.9 Å². The van der Waals surface area contributed by atoms with Crippen molar-refractivity contribution in [2.24, 2.45) is 0 Å². The van der Waals surface area contributed by atoms with E-state index in [4.69, 9.17) is 11.6 Å². The first kappa shape index (κ1) is 21.3. The van der Waals surface area contributed by atoms with E-state index in [1.165, 1.54) is 45.4 Å². The second kappa shape index (κ2) is 8.33. The molecule has 9 nitrogen and oxygen atoms in total. The maximum Gasteiger partial charge on any atom is 0.257 e. The minimum absolute atomic E-state index is 0.00643. The Morgan fingerprint density at radius 3 is 2.58 bits per heavy atom. The summed E-state index contributed by atoms with van der Waals surface area (Å²) in [5.41, 5.74) is 0.309. The quantitative estimate of drug-likeness (QED) is 0.621. The number of nitrogens with one attached hydrogen (secondary N) is 1. The number of rotatable bonds is 5. The van der Waals surface area contributed by atoms with Crippen molar-refractivity contribution in [3.05, 3.63) is 58.6 Å². The Morgan fingerprint density at radius 1 is 1.16 bits per heavy atom. The first-order valence-electron chi connectivity index (χ1n) is 9.43. The van der Waals surface area contributed by atoms with E-state index >= 15 is 0 Å². The van der Waals surface area contributed by atoms with Crippen LogP contribution in [0.15, 0.2) is 41.3 Å². The lowest BCUT2D eigenvalue weighted by atomic mass is 10.2. The van der Waals surface area contributed by atoms with E-state index in [1.807, 2.05) is 0 Å². The van der Waals surface area contributed by atoms with E-state index < -0.39 is 21.7 Å². The molecule has 162 valence electrons. The molecule has 1 aromatic heterocycles. The van der Waals surface area contributed by atoms with Gasteiger partial charge in [0.15, 0.2) is 5.82 Å². The van der Waals surface area contributed by atoms with E-state index in [1.54, 1.807) is 6.92 Å². The zero-order chi connectivity index (χ0) is 22.2. The Morgan fingerprint density at radius 2 is 1.90 bits per heavy atom. The molecule has 0 aliphatic carbocycles. The summed E-state index contributed by atoms with van der Waals surface area (Å²) in [4.78, 5) is 12.8. The summed E-state index contributed by atoms with van der Waals surface area (Å²) in [6.07, 6.45) is 1.60. The van der Waals surface area contributed by atoms with Crippen LogP contribution in [0.5, 0.6) is 0 Å². The van der Waals surface area contributed by atoms with Gasteiger partial charge in [-0.3, -0.25) is 4.79 Å². The largest absolute Gasteiger partial charge is 0.322 e. The van der Waals surface area contributed by atoms with E-state index in [0.29, 0.717) is 18.9 Å². The van der Waals surface area contributed by atoms with Crippen molar-refractivity contribution in [1.82, 2.24) is 24.5 Å². The van der Waals surface area contributed by atoms with Crippen molar-refractivity contribution in [2.45, 2.75) is 24.7 Å². The van der Waals surface area contributed by atoms with Crippen molar-refractivity contribution in [3.63, 3.8) is 0 Å². The molecule has 2 heterocycles. The third-order valence-corrected chi connectivity index (χ3v) is 7.17. The molecule has 0 bridgehead atoms. The van der Waals surface area contributed by atoms with Crippen molar-refractivity contribution < 1.29 is 17.6 Å². The smallest absolute Gasteiger partial charge is 0.257 e. The standard InChI is InChI=1S/C19H18ClFN6O3S/c1-12-23-24-25-27(12)18-10-13(4-7-17(18)21)22-19(28)15-11-14(5-6-16(15)20)31(29,30)26-8-2-3-9-26/h4-7,10-11H,2-3,8-9H2,1H3,(H,22,28). The Bertz CT molecular complexity index is 1260. The molecule has 0 radical (unpaired) electrons. The molecule has 3 aromatic rings. The number of carbonyl (C=O) groups is 1. The summed E-state index contributed by atoms with van der Waals surface area (Å²) < 4.78 is 42.5. The summed E-state index contributed by atoms with van der Waals surface area (Å²) in [5.74, 6) is -0.843. The van der Waals surface area contributed by atoms with Crippen LogP contribution in [0.3, 0.4) is 0 Å². The fraction of sp³-hybridized carbons (Fsp3) is 0.263. The highest BCUT2D eigenvalue weighted by Crippen LogP contribution is 2.26. The Kier molecular flexibility index (Phi) is 5.73. The van der Waals surface area contributed by atoms with Crippen molar-refractivity contribution in [1.29, 1.82) is 0 Å². The van der Waals surface area contributed by atoms with Crippen LogP contribution in [-0.2, 0) is 10.0 Å². The van der Waals surface area contributed by atoms with Crippen molar-refractivity contribution >= 4 is 33.2 Å². The fourth-order valence-electron chi connectivity index (χ4n) is 3.32. The highest BCUT2D eigenvalue weighted by Gasteiger charge is 2.28. The van der Waals surface area contributed by atoms with Crippen molar-refractivity contribution in [3.8, 4) is 5.69 Å². The van der Waals surface area contributed by atoms with Gasteiger partial charge < -0.3 is 5.32 Å². The minimum atomic E-state index is -3.71. The van der Waals surface area contributed by atoms with Crippen LogP contribution < -0.4 is 5.32 Å². The zero-order valence-electron chi connectivity index (χ0n) is 16.4. The molecule has 1 aliphatic heterocycles. The first-order chi connectivity index (χ1) is 14.8. The van der Waals surface area contributed by atoms with Gasteiger partial charge in [-0.15, -0.1) is 5.10 Å². The molecule has 1 N–H and O–H groups in total. The second-order valence-corrected chi connectivity index (χ2v) is 9.36. The topological polar surface area (TPSA) is 110 Å². The third-order valence-electron chi connectivity index (χ3n) is 4.94. The summed E-state index contributed by atoms with van der Waals surface area (Å²) in [5, 5.41) is 13.6. The molecule has 1 saturated heterocycles. The normalized spacial score (nSPS) is 14.7. The summed E-state index contributed by atoms with van der Waals surface area (Å²) >= 11 is 6.17. The maximum absolute atomic E-state index is 14.2. The van der Waals surface area contributed by atoms with E-state index in [2.05, 4.69) is 20.8 Å². The summed E-state index contributed by atoms with van der Waals surface area (Å²) in [7, 11) is -3.71. The van der Waals surface area contributed by atoms with Gasteiger partial charge >= 0.3 is 0 Å². The number of aryl methyl sites for hydroxylation is 1. The number of hydrogen-bond acceptors (Lipinski definition) is 6. The lowest BCUT2D eigenvalue weighted by Gasteiger charge is -2.16. The second-order valence-electron chi connectivity index (χ2n) is 7.01. The Hall–Kier alpha value is -2.89. The lowest BCUT2D eigenvalue weighted by Crippen LogP contribution is -2.28. The Balaban J connectivity index is 1.63. The SMILES string of the molecule is Cc1nnnn1-c1cc(NC(=O)c2cc(S(=O)(=O)N3CCCC3)ccc2Cl)ccc1F. The van der Waals surface area contributed by atoms with Gasteiger partial charge in [-0.05, 0) is 66.6 Å². The number of hydrogen-bond donors (Lipinski definition) is 1. The molecule has 4 rings (SSSR count). The van der Waals surface area contributed by atoms with Crippen LogP contribution >= 0.6 is 11.6 Å². The predicted octanol–water partition coefficient (Wildman–Crippen LogP) is 2.80. The van der Waals surface area contributed by atoms with Gasteiger partial charge in [0.2, 0.25) is 10.0 Å². The van der Waals surface area contributed by atoms with E-state index in [9.17, 15) is 17.6 Å². The van der Waals surface area contributed by atoms with Gasteiger partial charge in [0.1, 0.15) is 11.5 Å². The van der Waals surface area contributed by atoms with Crippen LogP contribution in [0.4, 0.5) is 10.1 Å².